The Morgan fingerprint density at radius 1 is 1.00 bits per heavy atom. The van der Waals surface area contributed by atoms with Crippen LogP contribution in [0.25, 0.3) is 0 Å². The summed E-state index contributed by atoms with van der Waals surface area (Å²) in [5, 5.41) is 3.07. The van der Waals surface area contributed by atoms with Gasteiger partial charge in [-0.1, -0.05) is 24.1 Å². The van der Waals surface area contributed by atoms with Crippen molar-refractivity contribution >= 4 is 16.5 Å². The molecule has 0 saturated carbocycles. The molecule has 0 unspecified atom stereocenters. The summed E-state index contributed by atoms with van der Waals surface area (Å²) >= 11 is 0. The van der Waals surface area contributed by atoms with Crippen LogP contribution in [0.3, 0.4) is 0 Å². The van der Waals surface area contributed by atoms with E-state index in [2.05, 4.69) is 11.2 Å². The van der Waals surface area contributed by atoms with E-state index in [9.17, 15) is 4.21 Å². The van der Waals surface area contributed by atoms with Crippen LogP contribution in [0.15, 0.2) is 64.4 Å². The maximum atomic E-state index is 12.2. The molecule has 0 aliphatic carbocycles. The number of terminal acetylenes is 1. The summed E-state index contributed by atoms with van der Waals surface area (Å²) in [5.41, 5.74) is 0.932. The average Bonchev–Trinajstić information content (AvgIpc) is 2.46. The van der Waals surface area contributed by atoms with Crippen LogP contribution in [0, 0.1) is 12.3 Å². The molecular formula is C15H13NOS. The third-order valence-electron chi connectivity index (χ3n) is 2.42. The van der Waals surface area contributed by atoms with Crippen molar-refractivity contribution in [2.75, 3.05) is 11.9 Å². The first-order chi connectivity index (χ1) is 8.81. The van der Waals surface area contributed by atoms with Crippen LogP contribution < -0.4 is 5.32 Å². The third kappa shape index (κ3) is 2.99. The lowest BCUT2D eigenvalue weighted by Crippen LogP contribution is -1.98. The predicted octanol–water partition coefficient (Wildman–Crippen LogP) is 2.90. The Morgan fingerprint density at radius 2 is 1.61 bits per heavy atom. The van der Waals surface area contributed by atoms with E-state index in [1.165, 1.54) is 0 Å². The molecule has 18 heavy (non-hydrogen) atoms. The molecule has 0 fully saturated rings. The topological polar surface area (TPSA) is 29.1 Å². The number of hydrogen-bond donors (Lipinski definition) is 1. The molecule has 0 radical (unpaired) electrons. The molecule has 0 amide bonds. The van der Waals surface area contributed by atoms with E-state index in [1.807, 2.05) is 54.6 Å². The second-order valence-electron chi connectivity index (χ2n) is 3.66. The van der Waals surface area contributed by atoms with E-state index in [-0.39, 0.29) is 0 Å². The lowest BCUT2D eigenvalue weighted by atomic mass is 10.3. The summed E-state index contributed by atoms with van der Waals surface area (Å²) in [5.74, 6) is 2.51. The molecule has 3 heteroatoms. The van der Waals surface area contributed by atoms with Gasteiger partial charge in [-0.3, -0.25) is 0 Å². The second kappa shape index (κ2) is 6.04. The predicted molar refractivity (Wildman–Crippen MR) is 74.9 cm³/mol. The average molecular weight is 255 g/mol. The SMILES string of the molecule is C#CCNc1ccc([S@@](=O)c2ccccc2)cc1. The quantitative estimate of drug-likeness (QED) is 0.851. The van der Waals surface area contributed by atoms with Gasteiger partial charge in [0.1, 0.15) is 0 Å². The van der Waals surface area contributed by atoms with Gasteiger partial charge in [-0.15, -0.1) is 6.42 Å². The van der Waals surface area contributed by atoms with Gasteiger partial charge in [0.2, 0.25) is 0 Å². The maximum absolute atomic E-state index is 12.2. The molecule has 2 aromatic carbocycles. The van der Waals surface area contributed by atoms with Crippen LogP contribution in [0.4, 0.5) is 5.69 Å². The molecular weight excluding hydrogens is 242 g/mol. The fourth-order valence-electron chi connectivity index (χ4n) is 1.53. The minimum Gasteiger partial charge on any atom is -0.374 e. The van der Waals surface area contributed by atoms with Gasteiger partial charge in [0, 0.05) is 15.5 Å². The highest BCUT2D eigenvalue weighted by Crippen LogP contribution is 2.18. The van der Waals surface area contributed by atoms with Gasteiger partial charge < -0.3 is 5.32 Å². The van der Waals surface area contributed by atoms with Crippen molar-refractivity contribution in [2.24, 2.45) is 0 Å². The number of rotatable bonds is 4. The zero-order valence-electron chi connectivity index (χ0n) is 9.80. The largest absolute Gasteiger partial charge is 0.374 e. The first-order valence-electron chi connectivity index (χ1n) is 5.55. The highest BCUT2D eigenvalue weighted by atomic mass is 32.2. The monoisotopic (exact) mass is 255 g/mol. The van der Waals surface area contributed by atoms with E-state index in [0.717, 1.165) is 15.5 Å². The van der Waals surface area contributed by atoms with E-state index >= 15 is 0 Å². The Hall–Kier alpha value is -2.05. The molecule has 0 saturated heterocycles. The van der Waals surface area contributed by atoms with Crippen molar-refractivity contribution in [1.29, 1.82) is 0 Å². The van der Waals surface area contributed by atoms with Gasteiger partial charge >= 0.3 is 0 Å². The summed E-state index contributed by atoms with van der Waals surface area (Å²) < 4.78 is 12.2. The van der Waals surface area contributed by atoms with Crippen LogP contribution in [-0.4, -0.2) is 10.8 Å². The van der Waals surface area contributed by atoms with Crippen LogP contribution in [-0.2, 0) is 10.8 Å². The normalized spacial score (nSPS) is 11.5. The van der Waals surface area contributed by atoms with Crippen LogP contribution in [0.2, 0.25) is 0 Å². The standard InChI is InChI=1S/C15H13NOS/c1-2-12-16-13-8-10-15(11-9-13)18(17)14-6-4-3-5-7-14/h1,3-11,16H,12H2/t18-/m0/s1. The molecule has 1 N–H and O–H groups in total. The Kier molecular flexibility index (Phi) is 4.16. The first kappa shape index (κ1) is 12.4. The fraction of sp³-hybridized carbons (Fsp3) is 0.0667. The van der Waals surface area contributed by atoms with Crippen LogP contribution in [0.1, 0.15) is 0 Å². The van der Waals surface area contributed by atoms with Crippen molar-refractivity contribution in [1.82, 2.24) is 0 Å². The van der Waals surface area contributed by atoms with Gasteiger partial charge in [0.25, 0.3) is 0 Å². The molecule has 0 aliphatic rings. The smallest absolute Gasteiger partial charge is 0.0849 e. The van der Waals surface area contributed by atoms with Crippen molar-refractivity contribution in [3.8, 4) is 12.3 Å². The minimum absolute atomic E-state index is 0.487. The lowest BCUT2D eigenvalue weighted by molar-refractivity contribution is 0.683. The summed E-state index contributed by atoms with van der Waals surface area (Å²) in [7, 11) is -1.13. The molecule has 2 aromatic rings. The summed E-state index contributed by atoms with van der Waals surface area (Å²) in [6.07, 6.45) is 5.17. The summed E-state index contributed by atoms with van der Waals surface area (Å²) in [6.45, 7) is 0.487. The fourth-order valence-corrected chi connectivity index (χ4v) is 2.59. The van der Waals surface area contributed by atoms with Crippen molar-refractivity contribution in [2.45, 2.75) is 9.79 Å². The van der Waals surface area contributed by atoms with Crippen molar-refractivity contribution in [3.05, 3.63) is 54.6 Å². The molecule has 2 nitrogen and oxygen atoms in total. The Morgan fingerprint density at radius 3 is 2.22 bits per heavy atom. The van der Waals surface area contributed by atoms with Crippen LogP contribution in [0.5, 0.6) is 0 Å². The van der Waals surface area contributed by atoms with E-state index in [1.54, 1.807) is 0 Å². The van der Waals surface area contributed by atoms with Gasteiger partial charge in [0.05, 0.1) is 17.3 Å². The number of hydrogen-bond acceptors (Lipinski definition) is 2. The van der Waals surface area contributed by atoms with Gasteiger partial charge in [-0.05, 0) is 36.4 Å². The first-order valence-corrected chi connectivity index (χ1v) is 6.70. The number of benzene rings is 2. The summed E-state index contributed by atoms with van der Waals surface area (Å²) in [4.78, 5) is 1.59. The Labute approximate surface area is 110 Å². The Bertz CT molecular complexity index is 570. The van der Waals surface area contributed by atoms with E-state index in [4.69, 9.17) is 6.42 Å². The third-order valence-corrected chi connectivity index (χ3v) is 3.82. The molecule has 90 valence electrons. The Balaban J connectivity index is 2.15. The molecule has 0 bridgehead atoms. The molecule has 2 rings (SSSR count). The molecule has 0 heterocycles. The van der Waals surface area contributed by atoms with Gasteiger partial charge in [-0.25, -0.2) is 4.21 Å². The van der Waals surface area contributed by atoms with Gasteiger partial charge in [-0.2, -0.15) is 0 Å². The molecule has 1 atom stereocenters. The molecule has 0 spiro atoms. The minimum atomic E-state index is -1.13. The lowest BCUT2D eigenvalue weighted by Gasteiger charge is -2.05. The summed E-state index contributed by atoms with van der Waals surface area (Å²) in [6, 6.07) is 16.9. The molecule has 0 aliphatic heterocycles. The van der Waals surface area contributed by atoms with Gasteiger partial charge in [0.15, 0.2) is 0 Å². The van der Waals surface area contributed by atoms with Crippen molar-refractivity contribution < 1.29 is 4.21 Å². The number of anilines is 1. The highest BCUT2D eigenvalue weighted by Gasteiger charge is 2.05. The van der Waals surface area contributed by atoms with Crippen LogP contribution >= 0.6 is 0 Å². The van der Waals surface area contributed by atoms with E-state index < -0.39 is 10.8 Å². The second-order valence-corrected chi connectivity index (χ2v) is 5.14. The zero-order chi connectivity index (χ0) is 12.8. The zero-order valence-corrected chi connectivity index (χ0v) is 10.6. The highest BCUT2D eigenvalue weighted by molar-refractivity contribution is 7.85. The maximum Gasteiger partial charge on any atom is 0.0849 e. The number of nitrogens with one attached hydrogen (secondary N) is 1. The van der Waals surface area contributed by atoms with E-state index in [0.29, 0.717) is 6.54 Å². The molecule has 0 aromatic heterocycles. The van der Waals surface area contributed by atoms with Crippen molar-refractivity contribution in [3.63, 3.8) is 0 Å².